The molecule has 0 bridgehead atoms. The molecule has 31 heavy (non-hydrogen) atoms. The van der Waals surface area contributed by atoms with Crippen molar-refractivity contribution in [2.45, 2.75) is 19.7 Å². The summed E-state index contributed by atoms with van der Waals surface area (Å²) < 4.78 is 35.3. The Morgan fingerprint density at radius 1 is 1.06 bits per heavy atom. The number of carbonyl (C=O) groups excluding carboxylic acids is 1. The lowest BCUT2D eigenvalue weighted by molar-refractivity contribution is 0.0932. The van der Waals surface area contributed by atoms with Crippen LogP contribution in [0.4, 0.5) is 8.78 Å². The predicted molar refractivity (Wildman–Crippen MR) is 111 cm³/mol. The van der Waals surface area contributed by atoms with Gasteiger partial charge in [0.1, 0.15) is 11.5 Å². The second kappa shape index (κ2) is 8.83. The van der Waals surface area contributed by atoms with E-state index in [0.717, 1.165) is 23.4 Å². The number of hydrogen-bond acceptors (Lipinski definition) is 3. The highest BCUT2D eigenvalue weighted by Crippen LogP contribution is 2.19. The van der Waals surface area contributed by atoms with E-state index < -0.39 is 11.6 Å². The first kappa shape index (κ1) is 20.3. The third-order valence-electron chi connectivity index (χ3n) is 4.74. The fourth-order valence-corrected chi connectivity index (χ4v) is 3.10. The van der Waals surface area contributed by atoms with Crippen molar-refractivity contribution < 1.29 is 18.3 Å². The molecule has 158 valence electrons. The number of halogens is 2. The van der Waals surface area contributed by atoms with E-state index in [1.165, 1.54) is 10.7 Å². The summed E-state index contributed by atoms with van der Waals surface area (Å²) in [4.78, 5) is 12.6. The molecule has 1 atom stereocenters. The van der Waals surface area contributed by atoms with Crippen LogP contribution in [0.3, 0.4) is 0 Å². The van der Waals surface area contributed by atoms with Crippen molar-refractivity contribution in [3.8, 4) is 11.4 Å². The van der Waals surface area contributed by atoms with E-state index in [0.29, 0.717) is 0 Å². The van der Waals surface area contributed by atoms with Gasteiger partial charge in [0.05, 0.1) is 6.04 Å². The molecule has 0 saturated carbocycles. The third-order valence-corrected chi connectivity index (χ3v) is 4.74. The molecule has 0 aliphatic carbocycles. The molecule has 1 unspecified atom stereocenters. The smallest absolute Gasteiger partial charge is 0.272 e. The maximum atomic E-state index is 13.6. The number of aromatic nitrogens is 3. The van der Waals surface area contributed by atoms with Gasteiger partial charge in [-0.1, -0.05) is 12.1 Å². The number of amides is 1. The molecule has 4 rings (SSSR count). The SMILES string of the molecule is CC(NC(=O)c1ccn(COc2ccc(F)cc2F)n1)c1cccc(-n2cccc2)c1. The minimum absolute atomic E-state index is 0.0981. The van der Waals surface area contributed by atoms with Crippen LogP contribution >= 0.6 is 0 Å². The minimum Gasteiger partial charge on any atom is -0.468 e. The highest BCUT2D eigenvalue weighted by molar-refractivity contribution is 5.92. The van der Waals surface area contributed by atoms with Crippen molar-refractivity contribution in [2.24, 2.45) is 0 Å². The van der Waals surface area contributed by atoms with Gasteiger partial charge >= 0.3 is 0 Å². The molecule has 0 spiro atoms. The Morgan fingerprint density at radius 3 is 2.65 bits per heavy atom. The number of rotatable bonds is 7. The molecule has 0 fully saturated rings. The molecule has 0 aliphatic heterocycles. The van der Waals surface area contributed by atoms with Gasteiger partial charge in [0.25, 0.3) is 5.91 Å². The highest BCUT2D eigenvalue weighted by Gasteiger charge is 2.15. The largest absolute Gasteiger partial charge is 0.468 e. The first-order chi connectivity index (χ1) is 15.0. The van der Waals surface area contributed by atoms with Crippen LogP contribution in [-0.4, -0.2) is 20.3 Å². The van der Waals surface area contributed by atoms with Gasteiger partial charge in [-0.2, -0.15) is 5.10 Å². The highest BCUT2D eigenvalue weighted by atomic mass is 19.1. The van der Waals surface area contributed by atoms with Crippen LogP contribution in [0.5, 0.6) is 5.75 Å². The molecule has 0 saturated heterocycles. The fourth-order valence-electron chi connectivity index (χ4n) is 3.10. The van der Waals surface area contributed by atoms with Gasteiger partial charge in [-0.15, -0.1) is 0 Å². The lowest BCUT2D eigenvalue weighted by Crippen LogP contribution is -2.27. The van der Waals surface area contributed by atoms with Crippen molar-refractivity contribution in [3.63, 3.8) is 0 Å². The van der Waals surface area contributed by atoms with Crippen molar-refractivity contribution in [3.05, 3.63) is 102 Å². The van der Waals surface area contributed by atoms with E-state index in [9.17, 15) is 13.6 Å². The van der Waals surface area contributed by atoms with E-state index >= 15 is 0 Å². The summed E-state index contributed by atoms with van der Waals surface area (Å²) in [5.74, 6) is -1.93. The molecule has 6 nitrogen and oxygen atoms in total. The van der Waals surface area contributed by atoms with Gasteiger partial charge in [0.15, 0.2) is 18.3 Å². The Morgan fingerprint density at radius 2 is 1.87 bits per heavy atom. The Labute approximate surface area is 177 Å². The zero-order valence-electron chi connectivity index (χ0n) is 16.7. The van der Waals surface area contributed by atoms with Crippen LogP contribution in [0, 0.1) is 11.6 Å². The van der Waals surface area contributed by atoms with Crippen molar-refractivity contribution in [2.75, 3.05) is 0 Å². The Hall–Kier alpha value is -3.94. The Bertz CT molecular complexity index is 1190. The average Bonchev–Trinajstić information content (AvgIpc) is 3.46. The minimum atomic E-state index is -0.805. The maximum absolute atomic E-state index is 13.6. The van der Waals surface area contributed by atoms with Gasteiger partial charge in [-0.05, 0) is 55.0 Å². The maximum Gasteiger partial charge on any atom is 0.272 e. The van der Waals surface area contributed by atoms with Gasteiger partial charge in [-0.25, -0.2) is 13.5 Å². The summed E-state index contributed by atoms with van der Waals surface area (Å²) in [6, 6.07) is 16.1. The van der Waals surface area contributed by atoms with Crippen LogP contribution in [0.2, 0.25) is 0 Å². The average molecular weight is 422 g/mol. The molecule has 1 N–H and O–H groups in total. The Kier molecular flexibility index (Phi) is 5.79. The van der Waals surface area contributed by atoms with E-state index in [2.05, 4.69) is 10.4 Å². The number of benzene rings is 2. The fraction of sp³-hybridized carbons (Fsp3) is 0.130. The molecule has 1 amide bonds. The topological polar surface area (TPSA) is 61.1 Å². The normalized spacial score (nSPS) is 11.8. The molecular formula is C23H20F2N4O2. The van der Waals surface area contributed by atoms with E-state index in [1.54, 1.807) is 12.3 Å². The number of nitrogens with one attached hydrogen (secondary N) is 1. The summed E-state index contributed by atoms with van der Waals surface area (Å²) >= 11 is 0. The predicted octanol–water partition coefficient (Wildman–Crippen LogP) is 4.48. The second-order valence-electron chi connectivity index (χ2n) is 6.97. The molecule has 2 aromatic heterocycles. The summed E-state index contributed by atoms with van der Waals surface area (Å²) in [6.45, 7) is 1.77. The lowest BCUT2D eigenvalue weighted by atomic mass is 10.1. The summed E-state index contributed by atoms with van der Waals surface area (Å²) in [5, 5.41) is 7.08. The first-order valence-corrected chi connectivity index (χ1v) is 9.65. The van der Waals surface area contributed by atoms with Crippen LogP contribution in [0.1, 0.15) is 29.0 Å². The third kappa shape index (κ3) is 4.80. The summed E-state index contributed by atoms with van der Waals surface area (Å²) in [7, 11) is 0. The summed E-state index contributed by atoms with van der Waals surface area (Å²) in [6.07, 6.45) is 5.46. The molecule has 2 aromatic carbocycles. The van der Waals surface area contributed by atoms with Gasteiger partial charge in [0, 0.05) is 30.3 Å². The van der Waals surface area contributed by atoms with E-state index in [1.807, 2.05) is 60.3 Å². The van der Waals surface area contributed by atoms with Crippen molar-refractivity contribution >= 4 is 5.91 Å². The molecule has 0 radical (unpaired) electrons. The number of ether oxygens (including phenoxy) is 1. The van der Waals surface area contributed by atoms with E-state index in [-0.39, 0.29) is 30.1 Å². The van der Waals surface area contributed by atoms with Gasteiger partial charge in [-0.3, -0.25) is 4.79 Å². The molecule has 8 heteroatoms. The van der Waals surface area contributed by atoms with Crippen molar-refractivity contribution in [1.29, 1.82) is 0 Å². The van der Waals surface area contributed by atoms with Crippen LogP contribution in [0.15, 0.2) is 79.3 Å². The quantitative estimate of drug-likeness (QED) is 0.478. The van der Waals surface area contributed by atoms with Crippen LogP contribution in [0.25, 0.3) is 5.69 Å². The molecule has 4 aromatic rings. The van der Waals surface area contributed by atoms with Crippen LogP contribution in [-0.2, 0) is 6.73 Å². The standard InChI is InChI=1S/C23H20F2N4O2/c1-16(17-5-4-6-19(13-17)28-10-2-3-11-28)26-23(30)21-9-12-29(27-21)15-31-22-8-7-18(24)14-20(22)25/h2-14,16H,15H2,1H3,(H,26,30). The lowest BCUT2D eigenvalue weighted by Gasteiger charge is -2.15. The van der Waals surface area contributed by atoms with Crippen molar-refractivity contribution in [1.82, 2.24) is 19.7 Å². The number of nitrogens with zero attached hydrogens (tertiary/aromatic N) is 3. The molecule has 0 aliphatic rings. The molecular weight excluding hydrogens is 402 g/mol. The Balaban J connectivity index is 1.38. The van der Waals surface area contributed by atoms with Gasteiger partial charge < -0.3 is 14.6 Å². The number of carbonyl (C=O) groups is 1. The first-order valence-electron chi connectivity index (χ1n) is 9.65. The number of hydrogen-bond donors (Lipinski definition) is 1. The van der Waals surface area contributed by atoms with Crippen LogP contribution < -0.4 is 10.1 Å². The van der Waals surface area contributed by atoms with E-state index in [4.69, 9.17) is 4.74 Å². The second-order valence-corrected chi connectivity index (χ2v) is 6.97. The zero-order valence-corrected chi connectivity index (χ0v) is 16.7. The molecule has 2 heterocycles. The zero-order chi connectivity index (χ0) is 21.8. The summed E-state index contributed by atoms with van der Waals surface area (Å²) in [5.41, 5.74) is 2.16. The monoisotopic (exact) mass is 422 g/mol. The van der Waals surface area contributed by atoms with Gasteiger partial charge in [0.2, 0.25) is 0 Å².